The number of phenols is 1. The van der Waals surface area contributed by atoms with Gasteiger partial charge in [-0.15, -0.1) is 0 Å². The van der Waals surface area contributed by atoms with Gasteiger partial charge in [-0.3, -0.25) is 0 Å². The first kappa shape index (κ1) is 14.8. The fourth-order valence-electron chi connectivity index (χ4n) is 2.87. The predicted octanol–water partition coefficient (Wildman–Crippen LogP) is -1.00. The maximum Gasteiger partial charge on any atom is 0.285 e. The molecule has 1 atom stereocenters. The van der Waals surface area contributed by atoms with Gasteiger partial charge in [-0.1, -0.05) is 23.4 Å². The Hall–Kier alpha value is -2.11. The number of benzene rings is 2. The first-order chi connectivity index (χ1) is 10.3. The summed E-state index contributed by atoms with van der Waals surface area (Å²) in [5.41, 5.74) is 0.932. The number of rotatable bonds is 2. The normalized spacial score (nSPS) is 17.5. The SMILES string of the molecule is Oc1ccc2cc(-c3noc([C@@H]4CCC[NH2+]4)n3)ccc2c1.[Cl-]. The molecular formula is C16H16ClN3O2. The van der Waals surface area contributed by atoms with Crippen LogP contribution in [0.3, 0.4) is 0 Å². The van der Waals surface area contributed by atoms with Crippen LogP contribution in [0.1, 0.15) is 24.8 Å². The maximum atomic E-state index is 9.50. The second kappa shape index (κ2) is 5.94. The number of aromatic hydroxyl groups is 1. The van der Waals surface area contributed by atoms with E-state index >= 15 is 0 Å². The van der Waals surface area contributed by atoms with Gasteiger partial charge in [0.15, 0.2) is 6.04 Å². The molecule has 1 aliphatic rings. The van der Waals surface area contributed by atoms with Crippen molar-refractivity contribution in [1.29, 1.82) is 0 Å². The van der Waals surface area contributed by atoms with Crippen molar-refractivity contribution in [2.45, 2.75) is 18.9 Å². The Kier molecular flexibility index (Phi) is 4.00. The summed E-state index contributed by atoms with van der Waals surface area (Å²) in [5.74, 6) is 1.61. The Morgan fingerprint density at radius 3 is 2.77 bits per heavy atom. The molecule has 0 aliphatic carbocycles. The molecular weight excluding hydrogens is 302 g/mol. The largest absolute Gasteiger partial charge is 1.00 e. The topological polar surface area (TPSA) is 75.8 Å². The average Bonchev–Trinajstić information content (AvgIpc) is 3.17. The van der Waals surface area contributed by atoms with E-state index in [9.17, 15) is 5.11 Å². The number of halogens is 1. The Balaban J connectivity index is 0.00000144. The predicted molar refractivity (Wildman–Crippen MR) is 77.7 cm³/mol. The van der Waals surface area contributed by atoms with Crippen LogP contribution in [0.25, 0.3) is 22.2 Å². The van der Waals surface area contributed by atoms with E-state index < -0.39 is 0 Å². The van der Waals surface area contributed by atoms with Gasteiger partial charge in [-0.05, 0) is 29.0 Å². The van der Waals surface area contributed by atoms with Crippen molar-refractivity contribution in [3.05, 3.63) is 42.3 Å². The van der Waals surface area contributed by atoms with Crippen LogP contribution in [0, 0.1) is 0 Å². The molecule has 0 unspecified atom stereocenters. The summed E-state index contributed by atoms with van der Waals surface area (Å²) in [6.07, 6.45) is 2.29. The summed E-state index contributed by atoms with van der Waals surface area (Å²) in [6.45, 7) is 1.13. The second-order valence-electron chi connectivity index (χ2n) is 5.48. The molecule has 114 valence electrons. The molecule has 6 heteroatoms. The van der Waals surface area contributed by atoms with E-state index in [1.54, 1.807) is 12.1 Å². The molecule has 1 aliphatic heterocycles. The molecule has 2 aromatic carbocycles. The monoisotopic (exact) mass is 317 g/mol. The second-order valence-corrected chi connectivity index (χ2v) is 5.48. The van der Waals surface area contributed by atoms with E-state index in [-0.39, 0.29) is 18.2 Å². The minimum absolute atomic E-state index is 0. The average molecular weight is 318 g/mol. The van der Waals surface area contributed by atoms with Crippen molar-refractivity contribution >= 4 is 10.8 Å². The molecule has 0 spiro atoms. The fourth-order valence-corrected chi connectivity index (χ4v) is 2.87. The van der Waals surface area contributed by atoms with Crippen LogP contribution < -0.4 is 17.7 Å². The highest BCUT2D eigenvalue weighted by atomic mass is 35.5. The molecule has 1 aromatic heterocycles. The van der Waals surface area contributed by atoms with Gasteiger partial charge < -0.3 is 27.4 Å². The van der Waals surface area contributed by atoms with Crippen LogP contribution in [0.2, 0.25) is 0 Å². The van der Waals surface area contributed by atoms with Crippen LogP contribution in [-0.2, 0) is 0 Å². The molecule has 1 saturated heterocycles. The van der Waals surface area contributed by atoms with E-state index in [0.29, 0.717) is 17.8 Å². The van der Waals surface area contributed by atoms with E-state index in [1.165, 1.54) is 6.42 Å². The van der Waals surface area contributed by atoms with Crippen LogP contribution in [0.4, 0.5) is 0 Å². The third-order valence-electron chi connectivity index (χ3n) is 4.01. The van der Waals surface area contributed by atoms with Crippen molar-refractivity contribution in [1.82, 2.24) is 10.1 Å². The van der Waals surface area contributed by atoms with Crippen molar-refractivity contribution in [3.8, 4) is 17.1 Å². The quantitative estimate of drug-likeness (QED) is 0.635. The summed E-state index contributed by atoms with van der Waals surface area (Å²) in [7, 11) is 0. The smallest absolute Gasteiger partial charge is 0.285 e. The van der Waals surface area contributed by atoms with E-state index in [1.807, 2.05) is 24.3 Å². The van der Waals surface area contributed by atoms with Gasteiger partial charge in [-0.2, -0.15) is 4.98 Å². The van der Waals surface area contributed by atoms with E-state index in [4.69, 9.17) is 4.52 Å². The summed E-state index contributed by atoms with van der Waals surface area (Å²) in [6, 6.07) is 11.6. The van der Waals surface area contributed by atoms with Gasteiger partial charge in [0.1, 0.15) is 5.75 Å². The van der Waals surface area contributed by atoms with Crippen molar-refractivity contribution < 1.29 is 27.4 Å². The first-order valence-electron chi connectivity index (χ1n) is 7.20. The highest BCUT2D eigenvalue weighted by Crippen LogP contribution is 2.26. The summed E-state index contributed by atoms with van der Waals surface area (Å²) in [5, 5.41) is 17.9. The molecule has 0 bridgehead atoms. The molecule has 0 saturated carbocycles. The molecule has 0 amide bonds. The van der Waals surface area contributed by atoms with Crippen LogP contribution >= 0.6 is 0 Å². The Morgan fingerprint density at radius 1 is 1.14 bits per heavy atom. The molecule has 3 N–H and O–H groups in total. The zero-order valence-electron chi connectivity index (χ0n) is 11.9. The maximum absolute atomic E-state index is 9.50. The summed E-state index contributed by atoms with van der Waals surface area (Å²) >= 11 is 0. The van der Waals surface area contributed by atoms with Crippen molar-refractivity contribution in [2.24, 2.45) is 0 Å². The zero-order chi connectivity index (χ0) is 14.2. The molecule has 22 heavy (non-hydrogen) atoms. The van der Waals surface area contributed by atoms with E-state index in [2.05, 4.69) is 15.5 Å². The lowest BCUT2D eigenvalue weighted by molar-refractivity contribution is -0.678. The fraction of sp³-hybridized carbons (Fsp3) is 0.250. The van der Waals surface area contributed by atoms with Gasteiger partial charge in [0, 0.05) is 18.4 Å². The minimum Gasteiger partial charge on any atom is -1.00 e. The van der Waals surface area contributed by atoms with Crippen LogP contribution in [0.15, 0.2) is 40.9 Å². The molecule has 0 radical (unpaired) electrons. The minimum atomic E-state index is 0. The third kappa shape index (κ3) is 2.65. The highest BCUT2D eigenvalue weighted by Gasteiger charge is 2.26. The number of nitrogens with zero attached hydrogens (tertiary/aromatic N) is 2. The van der Waals surface area contributed by atoms with Gasteiger partial charge in [0.05, 0.1) is 6.54 Å². The Bertz CT molecular complexity index is 797. The zero-order valence-corrected chi connectivity index (χ0v) is 12.6. The lowest BCUT2D eigenvalue weighted by Crippen LogP contribution is -3.00. The van der Waals surface area contributed by atoms with Crippen molar-refractivity contribution in [2.75, 3.05) is 6.54 Å². The summed E-state index contributed by atoms with van der Waals surface area (Å²) in [4.78, 5) is 4.53. The number of hydrogen-bond donors (Lipinski definition) is 2. The number of quaternary nitrogens is 1. The third-order valence-corrected chi connectivity index (χ3v) is 4.01. The Labute approximate surface area is 133 Å². The lowest BCUT2D eigenvalue weighted by Gasteiger charge is -2.01. The first-order valence-corrected chi connectivity index (χ1v) is 7.20. The number of fused-ring (bicyclic) bond motifs is 1. The molecule has 2 heterocycles. The lowest BCUT2D eigenvalue weighted by atomic mass is 10.1. The van der Waals surface area contributed by atoms with Crippen molar-refractivity contribution in [3.63, 3.8) is 0 Å². The van der Waals surface area contributed by atoms with Crippen LogP contribution in [0.5, 0.6) is 5.75 Å². The van der Waals surface area contributed by atoms with E-state index in [0.717, 1.165) is 29.3 Å². The molecule has 1 fully saturated rings. The highest BCUT2D eigenvalue weighted by molar-refractivity contribution is 5.87. The van der Waals surface area contributed by atoms with Gasteiger partial charge in [0.25, 0.3) is 5.89 Å². The van der Waals surface area contributed by atoms with Gasteiger partial charge in [0.2, 0.25) is 5.82 Å². The van der Waals surface area contributed by atoms with Gasteiger partial charge in [-0.25, -0.2) is 0 Å². The van der Waals surface area contributed by atoms with Crippen LogP contribution in [-0.4, -0.2) is 21.8 Å². The number of aromatic nitrogens is 2. The standard InChI is InChI=1S/C16H15N3O2.ClH/c20-13-6-5-10-8-12(4-3-11(10)9-13)15-18-16(21-19-15)14-2-1-7-17-14;/h3-6,8-9,14,17,20H,1-2,7H2;1H/t14-;/m0./s1. The molecule has 5 nitrogen and oxygen atoms in total. The Morgan fingerprint density at radius 2 is 1.95 bits per heavy atom. The number of nitrogens with two attached hydrogens (primary N) is 1. The summed E-state index contributed by atoms with van der Waals surface area (Å²) < 4.78 is 5.40. The molecule has 3 aromatic rings. The number of hydrogen-bond acceptors (Lipinski definition) is 4. The molecule has 4 rings (SSSR count). The van der Waals surface area contributed by atoms with Gasteiger partial charge >= 0.3 is 0 Å². The number of phenolic OH excluding ortho intramolecular Hbond substituents is 1.